The minimum atomic E-state index is 0.325. The van der Waals surface area contributed by atoms with E-state index in [1.54, 1.807) is 7.11 Å². The Morgan fingerprint density at radius 3 is 3.00 bits per heavy atom. The third-order valence-electron chi connectivity index (χ3n) is 2.86. The first kappa shape index (κ1) is 12.8. The highest BCUT2D eigenvalue weighted by atomic mass is 79.9. The second-order valence-electron chi connectivity index (χ2n) is 4.09. The van der Waals surface area contributed by atoms with E-state index in [1.807, 2.05) is 12.1 Å². The number of H-pyrrole nitrogens is 1. The van der Waals surface area contributed by atoms with Gasteiger partial charge in [-0.25, -0.2) is 0 Å². The Labute approximate surface area is 114 Å². The van der Waals surface area contributed by atoms with E-state index in [4.69, 9.17) is 17.0 Å². The summed E-state index contributed by atoms with van der Waals surface area (Å²) in [7, 11) is 1.72. The molecule has 5 heteroatoms. The zero-order valence-electron chi connectivity index (χ0n) is 9.87. The van der Waals surface area contributed by atoms with E-state index in [1.165, 1.54) is 0 Å². The molecule has 2 rings (SSSR count). The summed E-state index contributed by atoms with van der Waals surface area (Å²) < 4.78 is 9.09. The van der Waals surface area contributed by atoms with E-state index in [0.29, 0.717) is 6.04 Å². The fourth-order valence-corrected chi connectivity index (χ4v) is 2.69. The molecule has 1 aromatic heterocycles. The van der Waals surface area contributed by atoms with Gasteiger partial charge in [-0.2, -0.15) is 0 Å². The van der Waals surface area contributed by atoms with Crippen LogP contribution in [0.25, 0.3) is 11.0 Å². The van der Waals surface area contributed by atoms with Gasteiger partial charge in [0.25, 0.3) is 0 Å². The van der Waals surface area contributed by atoms with Crippen LogP contribution in [0.4, 0.5) is 0 Å². The number of nitrogens with one attached hydrogen (secondary N) is 1. The Morgan fingerprint density at radius 2 is 2.29 bits per heavy atom. The van der Waals surface area contributed by atoms with Crippen LogP contribution in [0.2, 0.25) is 0 Å². The lowest BCUT2D eigenvalue weighted by Gasteiger charge is -2.14. The summed E-state index contributed by atoms with van der Waals surface area (Å²) in [6, 6.07) is 6.46. The van der Waals surface area contributed by atoms with Crippen LogP contribution in [0.3, 0.4) is 0 Å². The van der Waals surface area contributed by atoms with Crippen molar-refractivity contribution in [2.24, 2.45) is 0 Å². The normalized spacial score (nSPS) is 13.1. The molecule has 17 heavy (non-hydrogen) atoms. The molecule has 0 aliphatic rings. The Bertz CT molecular complexity index is 575. The van der Waals surface area contributed by atoms with Crippen LogP contribution in [0.15, 0.2) is 22.7 Å². The molecule has 0 saturated heterocycles. The standard InChI is InChI=1S/C12H15BrN2OS/c1-8(5-6-16-2)15-11-7-9(13)3-4-10(11)14-12(15)17/h3-4,7-8H,5-6H2,1-2H3,(H,14,17). The number of hydrogen-bond donors (Lipinski definition) is 1. The maximum atomic E-state index is 5.37. The lowest BCUT2D eigenvalue weighted by atomic mass is 10.2. The van der Waals surface area contributed by atoms with E-state index in [-0.39, 0.29) is 0 Å². The first-order valence-electron chi connectivity index (χ1n) is 5.52. The van der Waals surface area contributed by atoms with Gasteiger partial charge >= 0.3 is 0 Å². The molecular weight excluding hydrogens is 300 g/mol. The lowest BCUT2D eigenvalue weighted by Crippen LogP contribution is -2.07. The first-order chi connectivity index (χ1) is 8.13. The Hall–Kier alpha value is -0.650. The van der Waals surface area contributed by atoms with Gasteiger partial charge in [-0.3, -0.25) is 0 Å². The molecule has 0 amide bonds. The van der Waals surface area contributed by atoms with Crippen molar-refractivity contribution >= 4 is 39.2 Å². The number of hydrogen-bond acceptors (Lipinski definition) is 2. The first-order valence-corrected chi connectivity index (χ1v) is 6.72. The molecule has 1 aromatic carbocycles. The Balaban J connectivity index is 2.48. The van der Waals surface area contributed by atoms with Gasteiger partial charge in [0, 0.05) is 24.2 Å². The predicted molar refractivity (Wildman–Crippen MR) is 76.0 cm³/mol. The van der Waals surface area contributed by atoms with Crippen molar-refractivity contribution in [2.75, 3.05) is 13.7 Å². The smallest absolute Gasteiger partial charge is 0.178 e. The average Bonchev–Trinajstić information content (AvgIpc) is 2.61. The predicted octanol–water partition coefficient (Wildman–Crippen LogP) is 4.06. The number of imidazole rings is 1. The van der Waals surface area contributed by atoms with Crippen molar-refractivity contribution in [3.63, 3.8) is 0 Å². The zero-order valence-corrected chi connectivity index (χ0v) is 12.3. The maximum absolute atomic E-state index is 5.37. The van der Waals surface area contributed by atoms with E-state index in [9.17, 15) is 0 Å². The van der Waals surface area contributed by atoms with Crippen LogP contribution < -0.4 is 0 Å². The molecule has 0 aliphatic heterocycles. The fourth-order valence-electron chi connectivity index (χ4n) is 1.95. The van der Waals surface area contributed by atoms with Crippen LogP contribution in [-0.4, -0.2) is 23.3 Å². The molecule has 0 fully saturated rings. The molecule has 1 unspecified atom stereocenters. The third-order valence-corrected chi connectivity index (χ3v) is 3.65. The summed E-state index contributed by atoms with van der Waals surface area (Å²) in [5.41, 5.74) is 2.20. The maximum Gasteiger partial charge on any atom is 0.178 e. The van der Waals surface area contributed by atoms with Crippen LogP contribution in [-0.2, 0) is 4.74 Å². The van der Waals surface area contributed by atoms with Gasteiger partial charge in [0.1, 0.15) is 0 Å². The molecule has 1 atom stereocenters. The molecule has 2 aromatic rings. The van der Waals surface area contributed by atoms with E-state index >= 15 is 0 Å². The summed E-state index contributed by atoms with van der Waals surface area (Å²) in [5, 5.41) is 0. The van der Waals surface area contributed by atoms with Crippen molar-refractivity contribution in [2.45, 2.75) is 19.4 Å². The highest BCUT2D eigenvalue weighted by molar-refractivity contribution is 9.10. The molecule has 0 aliphatic carbocycles. The van der Waals surface area contributed by atoms with E-state index in [2.05, 4.69) is 38.5 Å². The highest BCUT2D eigenvalue weighted by Crippen LogP contribution is 2.24. The van der Waals surface area contributed by atoms with Crippen molar-refractivity contribution < 1.29 is 4.74 Å². The SMILES string of the molecule is COCCC(C)n1c(=S)[nH]c2ccc(Br)cc21. The van der Waals surface area contributed by atoms with Gasteiger partial charge in [-0.15, -0.1) is 0 Å². The second-order valence-corrected chi connectivity index (χ2v) is 5.39. The summed E-state index contributed by atoms with van der Waals surface area (Å²) in [5.74, 6) is 0. The number of aromatic amines is 1. The number of ether oxygens (including phenoxy) is 1. The molecule has 0 spiro atoms. The van der Waals surface area contributed by atoms with Crippen LogP contribution >= 0.6 is 28.1 Å². The van der Waals surface area contributed by atoms with E-state index < -0.39 is 0 Å². The van der Waals surface area contributed by atoms with Crippen LogP contribution in [0.1, 0.15) is 19.4 Å². The molecule has 3 nitrogen and oxygen atoms in total. The molecule has 92 valence electrons. The summed E-state index contributed by atoms with van der Waals surface area (Å²) in [4.78, 5) is 3.23. The average molecular weight is 315 g/mol. The second kappa shape index (κ2) is 5.33. The van der Waals surface area contributed by atoms with Crippen LogP contribution in [0, 0.1) is 4.77 Å². The number of benzene rings is 1. The number of fused-ring (bicyclic) bond motifs is 1. The zero-order chi connectivity index (χ0) is 12.4. The number of halogens is 1. The van der Waals surface area contributed by atoms with Gasteiger partial charge < -0.3 is 14.3 Å². The topological polar surface area (TPSA) is 29.9 Å². The van der Waals surface area contributed by atoms with Gasteiger partial charge in [-0.05, 0) is 43.8 Å². The molecular formula is C12H15BrN2OS. The molecule has 0 saturated carbocycles. The Kier molecular flexibility index (Phi) is 4.01. The fraction of sp³-hybridized carbons (Fsp3) is 0.417. The minimum absolute atomic E-state index is 0.325. The quantitative estimate of drug-likeness (QED) is 0.862. The summed E-state index contributed by atoms with van der Waals surface area (Å²) in [6.07, 6.45) is 0.949. The summed E-state index contributed by atoms with van der Waals surface area (Å²) in [6.45, 7) is 2.90. The monoisotopic (exact) mass is 314 g/mol. The summed E-state index contributed by atoms with van der Waals surface area (Å²) >= 11 is 8.87. The molecule has 1 heterocycles. The minimum Gasteiger partial charge on any atom is -0.385 e. The van der Waals surface area contributed by atoms with Gasteiger partial charge in [0.15, 0.2) is 4.77 Å². The molecule has 0 radical (unpaired) electrons. The Morgan fingerprint density at radius 1 is 1.53 bits per heavy atom. The van der Waals surface area contributed by atoms with Crippen molar-refractivity contribution in [1.82, 2.24) is 9.55 Å². The number of aromatic nitrogens is 2. The van der Waals surface area contributed by atoms with Crippen LogP contribution in [0.5, 0.6) is 0 Å². The van der Waals surface area contributed by atoms with Crippen molar-refractivity contribution in [3.05, 3.63) is 27.4 Å². The van der Waals surface area contributed by atoms with Gasteiger partial charge in [-0.1, -0.05) is 15.9 Å². The van der Waals surface area contributed by atoms with Gasteiger partial charge in [0.05, 0.1) is 11.0 Å². The van der Waals surface area contributed by atoms with Crippen molar-refractivity contribution in [1.29, 1.82) is 0 Å². The van der Waals surface area contributed by atoms with E-state index in [0.717, 1.165) is 33.3 Å². The molecule has 1 N–H and O–H groups in total. The number of methoxy groups -OCH3 is 1. The highest BCUT2D eigenvalue weighted by Gasteiger charge is 2.11. The third kappa shape index (κ3) is 2.61. The lowest BCUT2D eigenvalue weighted by molar-refractivity contribution is 0.181. The number of rotatable bonds is 4. The largest absolute Gasteiger partial charge is 0.385 e. The van der Waals surface area contributed by atoms with Gasteiger partial charge in [0.2, 0.25) is 0 Å². The van der Waals surface area contributed by atoms with Crippen molar-refractivity contribution in [3.8, 4) is 0 Å². The number of nitrogens with zero attached hydrogens (tertiary/aromatic N) is 1. The molecule has 0 bridgehead atoms.